The van der Waals surface area contributed by atoms with Crippen LogP contribution >= 0.6 is 0 Å². The molecule has 6 rings (SSSR count). The molecule has 0 saturated carbocycles. The van der Waals surface area contributed by atoms with E-state index in [-0.39, 0.29) is 6.09 Å². The molecule has 0 bridgehead atoms. The van der Waals surface area contributed by atoms with E-state index in [4.69, 9.17) is 24.3 Å². The number of para-hydroxylation sites is 1. The molecule has 1 fully saturated rings. The first-order valence-electron chi connectivity index (χ1n) is 16.8. The van der Waals surface area contributed by atoms with Crippen LogP contribution in [0.5, 0.6) is 11.8 Å². The number of nitrogens with zero attached hydrogens (tertiary/aromatic N) is 4. The molecule has 1 unspecified atom stereocenters. The fraction of sp³-hybridized carbons (Fsp3) is 0.359. The fourth-order valence-corrected chi connectivity index (χ4v) is 6.13. The van der Waals surface area contributed by atoms with Gasteiger partial charge in [0.2, 0.25) is 11.8 Å². The number of pyridine rings is 1. The maximum Gasteiger partial charge on any atom is 0.410 e. The SMILES string of the molecule is Cn1nc(-c2ccc(OCc3ccccc3)nc2OCc2ccccc2)c2cccc(NCCC3CCCN(C(=O)OC(C)(C)C)C3)c21. The Morgan fingerprint density at radius 3 is 2.31 bits per heavy atom. The largest absolute Gasteiger partial charge is 0.473 e. The molecular weight excluding hydrogens is 602 g/mol. The van der Waals surface area contributed by atoms with Crippen LogP contribution in [-0.2, 0) is 25.0 Å². The molecule has 1 saturated heterocycles. The molecule has 3 aromatic carbocycles. The number of benzene rings is 3. The number of carbonyl (C=O) groups excluding carboxylic acids is 1. The molecule has 9 heteroatoms. The van der Waals surface area contributed by atoms with Gasteiger partial charge in [-0.2, -0.15) is 10.1 Å². The minimum atomic E-state index is -0.491. The Hall–Kier alpha value is -5.05. The van der Waals surface area contributed by atoms with E-state index in [2.05, 4.69) is 23.5 Å². The summed E-state index contributed by atoms with van der Waals surface area (Å²) in [6.07, 6.45) is 2.82. The number of aryl methyl sites for hydroxylation is 1. The second-order valence-electron chi connectivity index (χ2n) is 13.4. The summed E-state index contributed by atoms with van der Waals surface area (Å²) in [5, 5.41) is 9.64. The number of fused-ring (bicyclic) bond motifs is 1. The van der Waals surface area contributed by atoms with E-state index in [1.54, 1.807) is 0 Å². The van der Waals surface area contributed by atoms with Crippen molar-refractivity contribution in [3.05, 3.63) is 102 Å². The second kappa shape index (κ2) is 14.8. The van der Waals surface area contributed by atoms with E-state index < -0.39 is 5.60 Å². The molecule has 1 atom stereocenters. The van der Waals surface area contributed by atoms with Crippen LogP contribution in [0.1, 0.15) is 51.2 Å². The number of nitrogens with one attached hydrogen (secondary N) is 1. The maximum absolute atomic E-state index is 12.7. The van der Waals surface area contributed by atoms with Crippen LogP contribution in [0.25, 0.3) is 22.2 Å². The van der Waals surface area contributed by atoms with E-state index in [1.807, 2.05) is 110 Å². The van der Waals surface area contributed by atoms with Gasteiger partial charge in [0.05, 0.1) is 16.8 Å². The van der Waals surface area contributed by atoms with Crippen molar-refractivity contribution < 1.29 is 19.0 Å². The zero-order valence-corrected chi connectivity index (χ0v) is 28.3. The number of carbonyl (C=O) groups is 1. The Bertz CT molecular complexity index is 1820. The van der Waals surface area contributed by atoms with Gasteiger partial charge in [-0.3, -0.25) is 4.68 Å². The Labute approximate surface area is 282 Å². The van der Waals surface area contributed by atoms with E-state index in [0.29, 0.717) is 30.9 Å². The molecule has 0 radical (unpaired) electrons. The monoisotopic (exact) mass is 647 g/mol. The molecule has 0 aliphatic carbocycles. The van der Waals surface area contributed by atoms with Crippen LogP contribution in [-0.4, -0.2) is 51.0 Å². The molecule has 1 N–H and O–H groups in total. The third kappa shape index (κ3) is 8.26. The summed E-state index contributed by atoms with van der Waals surface area (Å²) in [6, 6.07) is 30.2. The summed E-state index contributed by atoms with van der Waals surface area (Å²) in [5.74, 6) is 1.37. The van der Waals surface area contributed by atoms with Crippen molar-refractivity contribution in [1.29, 1.82) is 0 Å². The highest BCUT2D eigenvalue weighted by Crippen LogP contribution is 2.37. The molecule has 1 aliphatic heterocycles. The maximum atomic E-state index is 12.7. The highest BCUT2D eigenvalue weighted by atomic mass is 16.6. The molecule has 1 aliphatic rings. The van der Waals surface area contributed by atoms with Crippen LogP contribution in [0, 0.1) is 5.92 Å². The molecule has 1 amide bonds. The Morgan fingerprint density at radius 2 is 1.60 bits per heavy atom. The van der Waals surface area contributed by atoms with Gasteiger partial charge in [-0.25, -0.2) is 4.79 Å². The number of ether oxygens (including phenoxy) is 3. The average molecular weight is 648 g/mol. The Morgan fingerprint density at radius 1 is 0.896 bits per heavy atom. The Kier molecular flexibility index (Phi) is 10.1. The number of hydrogen-bond donors (Lipinski definition) is 1. The van der Waals surface area contributed by atoms with Crippen LogP contribution in [0.15, 0.2) is 91.0 Å². The van der Waals surface area contributed by atoms with Crippen LogP contribution < -0.4 is 14.8 Å². The molecule has 250 valence electrons. The van der Waals surface area contributed by atoms with Gasteiger partial charge in [0.25, 0.3) is 0 Å². The molecule has 2 aromatic heterocycles. The molecule has 3 heterocycles. The van der Waals surface area contributed by atoms with Crippen molar-refractivity contribution >= 4 is 22.7 Å². The van der Waals surface area contributed by atoms with Gasteiger partial charge in [-0.1, -0.05) is 72.8 Å². The van der Waals surface area contributed by atoms with Gasteiger partial charge in [-0.05, 0) is 69.2 Å². The van der Waals surface area contributed by atoms with Gasteiger partial charge in [-0.15, -0.1) is 0 Å². The summed E-state index contributed by atoms with van der Waals surface area (Å²) in [4.78, 5) is 19.3. The van der Waals surface area contributed by atoms with Crippen molar-refractivity contribution in [2.24, 2.45) is 13.0 Å². The number of hydrogen-bond acceptors (Lipinski definition) is 7. The van der Waals surface area contributed by atoms with Crippen LogP contribution in [0.4, 0.5) is 10.5 Å². The van der Waals surface area contributed by atoms with Gasteiger partial charge in [0, 0.05) is 38.1 Å². The number of piperidine rings is 1. The Balaban J connectivity index is 1.20. The molecule has 9 nitrogen and oxygen atoms in total. The minimum Gasteiger partial charge on any atom is -0.473 e. The van der Waals surface area contributed by atoms with Crippen molar-refractivity contribution in [3.63, 3.8) is 0 Å². The summed E-state index contributed by atoms with van der Waals surface area (Å²) in [7, 11) is 1.96. The number of likely N-dealkylation sites (tertiary alicyclic amines) is 1. The highest BCUT2D eigenvalue weighted by molar-refractivity contribution is 6.00. The number of amides is 1. The number of anilines is 1. The van der Waals surface area contributed by atoms with Crippen LogP contribution in [0.3, 0.4) is 0 Å². The fourth-order valence-electron chi connectivity index (χ4n) is 6.13. The minimum absolute atomic E-state index is 0.218. The van der Waals surface area contributed by atoms with E-state index >= 15 is 0 Å². The third-order valence-corrected chi connectivity index (χ3v) is 8.44. The lowest BCUT2D eigenvalue weighted by Gasteiger charge is -2.34. The van der Waals surface area contributed by atoms with E-state index in [0.717, 1.165) is 77.9 Å². The molecular formula is C39H45N5O4. The smallest absolute Gasteiger partial charge is 0.410 e. The summed E-state index contributed by atoms with van der Waals surface area (Å²) in [5.41, 5.74) is 5.22. The summed E-state index contributed by atoms with van der Waals surface area (Å²) < 4.78 is 20.0. The topological polar surface area (TPSA) is 90.7 Å². The van der Waals surface area contributed by atoms with Crippen molar-refractivity contribution in [2.75, 3.05) is 25.0 Å². The quantitative estimate of drug-likeness (QED) is 0.154. The van der Waals surface area contributed by atoms with E-state index in [9.17, 15) is 4.79 Å². The molecule has 5 aromatic rings. The van der Waals surface area contributed by atoms with Gasteiger partial charge < -0.3 is 24.4 Å². The average Bonchev–Trinajstić information content (AvgIpc) is 3.43. The van der Waals surface area contributed by atoms with Crippen molar-refractivity contribution in [2.45, 2.75) is 58.8 Å². The zero-order valence-electron chi connectivity index (χ0n) is 28.3. The van der Waals surface area contributed by atoms with Gasteiger partial charge in [0.15, 0.2) is 0 Å². The van der Waals surface area contributed by atoms with Crippen molar-refractivity contribution in [1.82, 2.24) is 19.7 Å². The number of aromatic nitrogens is 3. The third-order valence-electron chi connectivity index (χ3n) is 8.44. The predicted molar refractivity (Wildman–Crippen MR) is 189 cm³/mol. The molecule has 48 heavy (non-hydrogen) atoms. The summed E-state index contributed by atoms with van der Waals surface area (Å²) >= 11 is 0. The van der Waals surface area contributed by atoms with Gasteiger partial charge >= 0.3 is 6.09 Å². The van der Waals surface area contributed by atoms with Crippen LogP contribution in [0.2, 0.25) is 0 Å². The lowest BCUT2D eigenvalue weighted by atomic mass is 9.95. The number of rotatable bonds is 11. The normalized spacial score (nSPS) is 14.9. The lowest BCUT2D eigenvalue weighted by Crippen LogP contribution is -2.43. The highest BCUT2D eigenvalue weighted by Gasteiger charge is 2.27. The zero-order chi connectivity index (χ0) is 33.5. The first-order valence-corrected chi connectivity index (χ1v) is 16.8. The van der Waals surface area contributed by atoms with E-state index in [1.165, 1.54) is 0 Å². The second-order valence-corrected chi connectivity index (χ2v) is 13.4. The molecule has 0 spiro atoms. The first-order chi connectivity index (χ1) is 23.2. The van der Waals surface area contributed by atoms with Crippen molar-refractivity contribution in [3.8, 4) is 23.0 Å². The lowest BCUT2D eigenvalue weighted by molar-refractivity contribution is 0.0163. The standard InChI is InChI=1S/C39H45N5O4/c1-39(2,3)48-38(45)44-24-12-17-28(25-44)22-23-40-33-19-11-18-31-35(42-43(4)36(31)33)32-20-21-34(46-26-29-13-7-5-8-14-29)41-37(32)47-27-30-15-9-6-10-16-30/h5-11,13-16,18-21,28,40H,12,17,22-27H2,1-4H3. The van der Waals surface area contributed by atoms with Gasteiger partial charge in [0.1, 0.15) is 24.5 Å². The predicted octanol–water partition coefficient (Wildman–Crippen LogP) is 8.24. The summed E-state index contributed by atoms with van der Waals surface area (Å²) in [6.45, 7) is 8.76. The first kappa shape index (κ1) is 32.9.